The third kappa shape index (κ3) is 4.88. The maximum absolute atomic E-state index is 11.0. The zero-order chi connectivity index (χ0) is 34.9. The molecule has 0 aliphatic rings. The fraction of sp³-hybridized carbons (Fsp3) is 0.174. The molecule has 242 valence electrons. The zero-order valence-corrected chi connectivity index (χ0v) is 29.3. The molecule has 0 radical (unpaired) electrons. The number of nitriles is 2. The quantitative estimate of drug-likeness (QED) is 0.192. The molecule has 8 aromatic rings. The van der Waals surface area contributed by atoms with E-state index in [1.165, 1.54) is 11.1 Å². The number of nitrogens with zero attached hydrogens (tertiary/aromatic N) is 4. The van der Waals surface area contributed by atoms with Crippen LogP contribution in [0.1, 0.15) is 63.8 Å². The average molecular weight is 647 g/mol. The lowest BCUT2D eigenvalue weighted by molar-refractivity contribution is 0.590. The van der Waals surface area contributed by atoms with E-state index in [9.17, 15) is 10.5 Å². The zero-order valence-electron chi connectivity index (χ0n) is 29.3. The van der Waals surface area contributed by atoms with Crippen molar-refractivity contribution >= 4 is 43.6 Å². The highest BCUT2D eigenvalue weighted by Gasteiger charge is 2.24. The van der Waals surface area contributed by atoms with Crippen molar-refractivity contribution in [1.29, 1.82) is 10.5 Å². The van der Waals surface area contributed by atoms with Crippen molar-refractivity contribution in [3.05, 3.63) is 144 Å². The van der Waals surface area contributed by atoms with E-state index < -0.39 is 0 Å². The molecule has 50 heavy (non-hydrogen) atoms. The molecule has 0 fully saturated rings. The molecule has 6 aromatic carbocycles. The number of hydrogen-bond acceptors (Lipinski definition) is 2. The smallest absolute Gasteiger partial charge is 0.101 e. The van der Waals surface area contributed by atoms with Gasteiger partial charge in [-0.3, -0.25) is 0 Å². The van der Waals surface area contributed by atoms with E-state index >= 15 is 0 Å². The van der Waals surface area contributed by atoms with Gasteiger partial charge in [0.25, 0.3) is 0 Å². The van der Waals surface area contributed by atoms with Crippen LogP contribution in [0.15, 0.2) is 121 Å². The standard InChI is InChI=1S/C46H38N4/c1-45(2,3)32-18-20-36-34-14-7-9-16-39(34)49(43(36)24-32)41-26-38(30-13-11-12-29(22-30)27-47)42(23-31(41)28-48)50-40-17-10-8-15-35(40)37-21-19-33(25-44(37)50)46(4,5)6/h7-26H,1-6H3. The summed E-state index contributed by atoms with van der Waals surface area (Å²) in [5, 5.41) is 25.5. The van der Waals surface area contributed by atoms with E-state index in [4.69, 9.17) is 0 Å². The number of rotatable bonds is 3. The summed E-state index contributed by atoms with van der Waals surface area (Å²) in [5.41, 5.74) is 11.3. The minimum atomic E-state index is -0.0528. The van der Waals surface area contributed by atoms with Gasteiger partial charge >= 0.3 is 0 Å². The summed E-state index contributed by atoms with van der Waals surface area (Å²) in [5.74, 6) is 0. The Hall–Kier alpha value is -6.10. The minimum Gasteiger partial charge on any atom is -0.309 e. The Morgan fingerprint density at radius 3 is 1.50 bits per heavy atom. The number of hydrogen-bond donors (Lipinski definition) is 0. The van der Waals surface area contributed by atoms with Crippen molar-refractivity contribution in [2.24, 2.45) is 0 Å². The van der Waals surface area contributed by atoms with Gasteiger partial charge in [-0.25, -0.2) is 0 Å². The first-order valence-electron chi connectivity index (χ1n) is 17.1. The van der Waals surface area contributed by atoms with Crippen molar-refractivity contribution in [3.8, 4) is 34.6 Å². The second-order valence-electron chi connectivity index (χ2n) is 15.4. The molecule has 2 heterocycles. The van der Waals surface area contributed by atoms with Gasteiger partial charge in [0.15, 0.2) is 0 Å². The van der Waals surface area contributed by atoms with E-state index in [-0.39, 0.29) is 10.8 Å². The van der Waals surface area contributed by atoms with Crippen LogP contribution in [0.4, 0.5) is 0 Å². The van der Waals surface area contributed by atoms with Crippen molar-refractivity contribution in [2.75, 3.05) is 0 Å². The Morgan fingerprint density at radius 2 is 0.980 bits per heavy atom. The SMILES string of the molecule is CC(C)(C)c1ccc2c3ccccc3n(-c3cc(-c4cccc(C#N)c4)c(-n4c5ccccc5c5ccc(C(C)(C)C)cc54)cc3C#N)c2c1. The van der Waals surface area contributed by atoms with Crippen LogP contribution >= 0.6 is 0 Å². The third-order valence-corrected chi connectivity index (χ3v) is 10.1. The van der Waals surface area contributed by atoms with E-state index in [1.807, 2.05) is 24.3 Å². The second-order valence-corrected chi connectivity index (χ2v) is 15.4. The topological polar surface area (TPSA) is 57.4 Å². The van der Waals surface area contributed by atoms with Gasteiger partial charge in [-0.1, -0.05) is 114 Å². The van der Waals surface area contributed by atoms with Crippen LogP contribution in [-0.2, 0) is 10.8 Å². The molecular weight excluding hydrogens is 609 g/mol. The summed E-state index contributed by atoms with van der Waals surface area (Å²) in [7, 11) is 0. The Balaban J connectivity index is 1.54. The highest BCUT2D eigenvalue weighted by atomic mass is 15.0. The third-order valence-electron chi connectivity index (χ3n) is 10.1. The van der Waals surface area contributed by atoms with Gasteiger partial charge in [0.05, 0.1) is 50.6 Å². The molecule has 2 aromatic heterocycles. The maximum Gasteiger partial charge on any atom is 0.101 e. The Bertz CT molecular complexity index is 2740. The lowest BCUT2D eigenvalue weighted by Crippen LogP contribution is -2.11. The Labute approximate surface area is 293 Å². The molecule has 0 amide bonds. The van der Waals surface area contributed by atoms with Crippen LogP contribution in [0.5, 0.6) is 0 Å². The van der Waals surface area contributed by atoms with Crippen LogP contribution in [0.2, 0.25) is 0 Å². The van der Waals surface area contributed by atoms with Crippen LogP contribution in [0, 0.1) is 22.7 Å². The largest absolute Gasteiger partial charge is 0.309 e. The molecule has 0 N–H and O–H groups in total. The number of para-hydroxylation sites is 2. The molecule has 4 nitrogen and oxygen atoms in total. The number of aromatic nitrogens is 2. The fourth-order valence-electron chi connectivity index (χ4n) is 7.42. The predicted octanol–water partition coefficient (Wildman–Crippen LogP) is 11.9. The molecule has 0 atom stereocenters. The van der Waals surface area contributed by atoms with E-state index in [2.05, 4.69) is 160 Å². The van der Waals surface area contributed by atoms with Crippen molar-refractivity contribution in [1.82, 2.24) is 9.13 Å². The summed E-state index contributed by atoms with van der Waals surface area (Å²) in [6, 6.07) is 47.3. The first kappa shape index (κ1) is 31.2. The van der Waals surface area contributed by atoms with Gasteiger partial charge in [-0.05, 0) is 76.1 Å². The first-order chi connectivity index (χ1) is 24.0. The normalized spacial score (nSPS) is 12.2. The number of fused-ring (bicyclic) bond motifs is 6. The van der Waals surface area contributed by atoms with Gasteiger partial charge in [-0.15, -0.1) is 0 Å². The summed E-state index contributed by atoms with van der Waals surface area (Å²) in [6.45, 7) is 13.4. The fourth-order valence-corrected chi connectivity index (χ4v) is 7.42. The van der Waals surface area contributed by atoms with Crippen LogP contribution < -0.4 is 0 Å². The van der Waals surface area contributed by atoms with E-state index in [0.29, 0.717) is 11.1 Å². The molecule has 4 heteroatoms. The monoisotopic (exact) mass is 646 g/mol. The lowest BCUT2D eigenvalue weighted by Gasteiger charge is -2.22. The molecule has 0 saturated heterocycles. The van der Waals surface area contributed by atoms with Crippen molar-refractivity contribution in [2.45, 2.75) is 52.4 Å². The van der Waals surface area contributed by atoms with Crippen LogP contribution in [0.3, 0.4) is 0 Å². The van der Waals surface area contributed by atoms with Crippen LogP contribution in [0.25, 0.3) is 66.1 Å². The lowest BCUT2D eigenvalue weighted by atomic mass is 9.86. The summed E-state index contributed by atoms with van der Waals surface area (Å²) in [4.78, 5) is 0. The van der Waals surface area contributed by atoms with Gasteiger partial charge < -0.3 is 9.13 Å². The predicted molar refractivity (Wildman–Crippen MR) is 207 cm³/mol. The molecule has 0 unspecified atom stereocenters. The Kier molecular flexibility index (Phi) is 7.00. The molecule has 0 saturated carbocycles. The average Bonchev–Trinajstić information content (AvgIpc) is 3.62. The maximum atomic E-state index is 11.0. The van der Waals surface area contributed by atoms with Gasteiger partial charge in [0.2, 0.25) is 0 Å². The van der Waals surface area contributed by atoms with Crippen molar-refractivity contribution < 1.29 is 0 Å². The molecule has 0 aliphatic heterocycles. The number of benzene rings is 6. The van der Waals surface area contributed by atoms with E-state index in [1.54, 1.807) is 0 Å². The summed E-state index contributed by atoms with van der Waals surface area (Å²) >= 11 is 0. The minimum absolute atomic E-state index is 0.0520. The molecule has 8 rings (SSSR count). The van der Waals surface area contributed by atoms with Crippen LogP contribution in [-0.4, -0.2) is 9.13 Å². The molecule has 0 spiro atoms. The summed E-state index contributed by atoms with van der Waals surface area (Å²) in [6.07, 6.45) is 0. The van der Waals surface area contributed by atoms with Gasteiger partial charge in [0.1, 0.15) is 6.07 Å². The molecule has 0 aliphatic carbocycles. The summed E-state index contributed by atoms with van der Waals surface area (Å²) < 4.78 is 4.56. The van der Waals surface area contributed by atoms with Gasteiger partial charge in [0, 0.05) is 27.1 Å². The van der Waals surface area contributed by atoms with Crippen molar-refractivity contribution in [3.63, 3.8) is 0 Å². The highest BCUT2D eigenvalue weighted by molar-refractivity contribution is 6.11. The first-order valence-corrected chi connectivity index (χ1v) is 17.1. The van der Waals surface area contributed by atoms with E-state index in [0.717, 1.165) is 66.1 Å². The molecule has 0 bridgehead atoms. The van der Waals surface area contributed by atoms with Gasteiger partial charge in [-0.2, -0.15) is 10.5 Å². The second kappa shape index (κ2) is 11.2. The molecular formula is C46H38N4. The highest BCUT2D eigenvalue weighted by Crippen LogP contribution is 2.42. The Morgan fingerprint density at radius 1 is 0.460 bits per heavy atom.